The lowest BCUT2D eigenvalue weighted by atomic mass is 9.89. The molecule has 1 aromatic heterocycles. The standard InChI is InChI=1S/C27H29N5O2/c1-3-25(33)32-16-14-31(15-17-32)24-18-23(29-27(30-24)34-2)26(20-10-6-11-20)28-22-13-7-9-19-8-4-5-12-21(19)22/h3-5,7-9,12-13,18,28H,1,6,10-11,14-17H2,2H3. The molecule has 1 aliphatic heterocycles. The first-order valence-corrected chi connectivity index (χ1v) is 11.7. The van der Waals surface area contributed by atoms with Crippen molar-refractivity contribution in [1.29, 1.82) is 0 Å². The monoisotopic (exact) mass is 455 g/mol. The lowest BCUT2D eigenvalue weighted by Crippen LogP contribution is -2.48. The highest BCUT2D eigenvalue weighted by atomic mass is 16.5. The number of allylic oxidation sites excluding steroid dienone is 1. The van der Waals surface area contributed by atoms with Crippen LogP contribution in [0.2, 0.25) is 0 Å². The molecule has 2 aliphatic rings. The number of aromatic nitrogens is 2. The van der Waals surface area contributed by atoms with Gasteiger partial charge in [0.25, 0.3) is 0 Å². The lowest BCUT2D eigenvalue weighted by Gasteiger charge is -2.35. The van der Waals surface area contributed by atoms with E-state index in [1.165, 1.54) is 28.8 Å². The summed E-state index contributed by atoms with van der Waals surface area (Å²) in [5.41, 5.74) is 4.28. The predicted octanol–water partition coefficient (Wildman–Crippen LogP) is 4.48. The highest BCUT2D eigenvalue weighted by Crippen LogP contribution is 2.36. The van der Waals surface area contributed by atoms with E-state index in [-0.39, 0.29) is 5.91 Å². The van der Waals surface area contributed by atoms with Crippen molar-refractivity contribution < 1.29 is 9.53 Å². The summed E-state index contributed by atoms with van der Waals surface area (Å²) in [7, 11) is 1.60. The fraction of sp³-hybridized carbons (Fsp3) is 0.296. The van der Waals surface area contributed by atoms with Crippen LogP contribution < -0.4 is 15.0 Å². The summed E-state index contributed by atoms with van der Waals surface area (Å²) in [5.74, 6) is 0.779. The first-order valence-electron chi connectivity index (χ1n) is 11.7. The molecule has 174 valence electrons. The summed E-state index contributed by atoms with van der Waals surface area (Å²) in [4.78, 5) is 25.3. The van der Waals surface area contributed by atoms with Gasteiger partial charge in [-0.3, -0.25) is 4.79 Å². The quantitative estimate of drug-likeness (QED) is 0.553. The average molecular weight is 456 g/mol. The molecule has 2 aromatic carbocycles. The Kier molecular flexibility index (Phi) is 6.16. The number of hydrogen-bond acceptors (Lipinski definition) is 6. The van der Waals surface area contributed by atoms with Gasteiger partial charge in [-0.2, -0.15) is 9.97 Å². The summed E-state index contributed by atoms with van der Waals surface area (Å²) < 4.78 is 5.49. The zero-order chi connectivity index (χ0) is 23.5. The lowest BCUT2D eigenvalue weighted by molar-refractivity contribution is -0.126. The topological polar surface area (TPSA) is 70.6 Å². The average Bonchev–Trinajstić information content (AvgIpc) is 2.86. The van der Waals surface area contributed by atoms with Crippen LogP contribution in [-0.2, 0) is 4.79 Å². The molecule has 0 bridgehead atoms. The molecular weight excluding hydrogens is 426 g/mol. The maximum atomic E-state index is 12.0. The van der Waals surface area contributed by atoms with E-state index in [1.807, 2.05) is 11.0 Å². The van der Waals surface area contributed by atoms with Crippen molar-refractivity contribution in [3.05, 3.63) is 72.5 Å². The Bertz CT molecular complexity index is 1250. The number of rotatable bonds is 6. The second-order valence-electron chi connectivity index (χ2n) is 8.60. The van der Waals surface area contributed by atoms with Gasteiger partial charge >= 0.3 is 6.01 Å². The normalized spacial score (nSPS) is 15.6. The van der Waals surface area contributed by atoms with Gasteiger partial charge in [-0.15, -0.1) is 0 Å². The van der Waals surface area contributed by atoms with Crippen LogP contribution in [0.25, 0.3) is 16.5 Å². The molecule has 1 N–H and O–H groups in total. The van der Waals surface area contributed by atoms with Gasteiger partial charge in [0.05, 0.1) is 18.5 Å². The molecule has 2 heterocycles. The summed E-state index contributed by atoms with van der Waals surface area (Å²) in [5, 5.41) is 6.07. The number of fused-ring (bicyclic) bond motifs is 1. The van der Waals surface area contributed by atoms with E-state index in [1.54, 1.807) is 7.11 Å². The van der Waals surface area contributed by atoms with E-state index in [9.17, 15) is 4.79 Å². The second-order valence-corrected chi connectivity index (χ2v) is 8.60. The number of amides is 1. The molecule has 3 aromatic rings. The second kappa shape index (κ2) is 9.55. The van der Waals surface area contributed by atoms with Crippen molar-refractivity contribution >= 4 is 33.9 Å². The number of carbonyl (C=O) groups excluding carboxylic acids is 1. The largest absolute Gasteiger partial charge is 0.467 e. The molecule has 0 atom stereocenters. The maximum absolute atomic E-state index is 12.0. The van der Waals surface area contributed by atoms with Gasteiger partial charge in [-0.1, -0.05) is 43.0 Å². The molecule has 0 radical (unpaired) electrons. The number of carbonyl (C=O) groups is 1. The van der Waals surface area contributed by atoms with Crippen molar-refractivity contribution in [3.8, 4) is 6.01 Å². The SMILES string of the molecule is C=CC(=O)N1CCN(c2cc(C(Nc3cccc4ccccc34)=C3CCC3)nc(OC)n2)CC1. The molecular formula is C27H29N5O2. The van der Waals surface area contributed by atoms with Crippen molar-refractivity contribution in [1.82, 2.24) is 14.9 Å². The Balaban J connectivity index is 1.48. The minimum absolute atomic E-state index is 0.0307. The first kappa shape index (κ1) is 21.9. The minimum atomic E-state index is -0.0307. The zero-order valence-electron chi connectivity index (χ0n) is 19.5. The van der Waals surface area contributed by atoms with Gasteiger partial charge in [0, 0.05) is 43.3 Å². The fourth-order valence-electron chi connectivity index (χ4n) is 4.49. The molecule has 0 unspecified atom stereocenters. The van der Waals surface area contributed by atoms with Gasteiger partial charge in [0.2, 0.25) is 5.91 Å². The fourth-order valence-corrected chi connectivity index (χ4v) is 4.49. The molecule has 1 saturated heterocycles. The number of ether oxygens (including phenoxy) is 1. The number of hydrogen-bond donors (Lipinski definition) is 1. The summed E-state index contributed by atoms with van der Waals surface area (Å²) in [6.07, 6.45) is 4.66. The highest BCUT2D eigenvalue weighted by molar-refractivity contribution is 5.97. The van der Waals surface area contributed by atoms with Gasteiger partial charge in [0.15, 0.2) is 0 Å². The number of nitrogens with one attached hydrogen (secondary N) is 1. The third-order valence-electron chi connectivity index (χ3n) is 6.58. The van der Waals surface area contributed by atoms with Gasteiger partial charge in [-0.05, 0) is 42.4 Å². The molecule has 1 amide bonds. The van der Waals surface area contributed by atoms with Crippen LogP contribution in [0.4, 0.5) is 11.5 Å². The molecule has 34 heavy (non-hydrogen) atoms. The van der Waals surface area contributed by atoms with E-state index < -0.39 is 0 Å². The van der Waals surface area contributed by atoms with Crippen LogP contribution in [0, 0.1) is 0 Å². The highest BCUT2D eigenvalue weighted by Gasteiger charge is 2.24. The van der Waals surface area contributed by atoms with E-state index in [4.69, 9.17) is 9.72 Å². The van der Waals surface area contributed by atoms with Crippen molar-refractivity contribution in [2.75, 3.05) is 43.5 Å². The molecule has 1 aliphatic carbocycles. The van der Waals surface area contributed by atoms with Crippen LogP contribution >= 0.6 is 0 Å². The molecule has 5 rings (SSSR count). The third kappa shape index (κ3) is 4.33. The molecule has 7 nitrogen and oxygen atoms in total. The van der Waals surface area contributed by atoms with Crippen molar-refractivity contribution in [2.24, 2.45) is 0 Å². The Hall–Kier alpha value is -3.87. The number of nitrogens with zero attached hydrogens (tertiary/aromatic N) is 4. The summed E-state index contributed by atoms with van der Waals surface area (Å²) in [6.45, 7) is 6.26. The Morgan fingerprint density at radius 1 is 1.06 bits per heavy atom. The van der Waals surface area contributed by atoms with Gasteiger partial charge in [-0.25, -0.2) is 0 Å². The Morgan fingerprint density at radius 3 is 2.53 bits per heavy atom. The molecule has 2 fully saturated rings. The zero-order valence-corrected chi connectivity index (χ0v) is 19.5. The van der Waals surface area contributed by atoms with E-state index in [0.717, 1.165) is 35.7 Å². The van der Waals surface area contributed by atoms with Crippen LogP contribution in [0.1, 0.15) is 25.0 Å². The number of benzene rings is 2. The van der Waals surface area contributed by atoms with Gasteiger partial charge in [0.1, 0.15) is 5.82 Å². The first-order chi connectivity index (χ1) is 16.7. The van der Waals surface area contributed by atoms with Crippen LogP contribution in [0.15, 0.2) is 66.8 Å². The minimum Gasteiger partial charge on any atom is -0.467 e. The molecule has 0 spiro atoms. The van der Waals surface area contributed by atoms with Crippen LogP contribution in [0.5, 0.6) is 6.01 Å². The van der Waals surface area contributed by atoms with E-state index in [0.29, 0.717) is 32.2 Å². The smallest absolute Gasteiger partial charge is 0.318 e. The van der Waals surface area contributed by atoms with Crippen molar-refractivity contribution in [3.63, 3.8) is 0 Å². The van der Waals surface area contributed by atoms with E-state index >= 15 is 0 Å². The molecule has 1 saturated carbocycles. The van der Waals surface area contributed by atoms with Crippen LogP contribution in [0.3, 0.4) is 0 Å². The summed E-state index contributed by atoms with van der Waals surface area (Å²) >= 11 is 0. The Morgan fingerprint density at radius 2 is 1.82 bits per heavy atom. The number of piperazine rings is 1. The van der Waals surface area contributed by atoms with Crippen molar-refractivity contribution in [2.45, 2.75) is 19.3 Å². The third-order valence-corrected chi connectivity index (χ3v) is 6.58. The van der Waals surface area contributed by atoms with E-state index in [2.05, 4.69) is 64.2 Å². The Labute approximate surface area is 199 Å². The van der Waals surface area contributed by atoms with Gasteiger partial charge < -0.3 is 19.9 Å². The molecule has 7 heteroatoms. The summed E-state index contributed by atoms with van der Waals surface area (Å²) in [6, 6.07) is 17.1. The number of anilines is 2. The predicted molar refractivity (Wildman–Crippen MR) is 136 cm³/mol. The number of methoxy groups -OCH3 is 1. The maximum Gasteiger partial charge on any atom is 0.318 e. The van der Waals surface area contributed by atoms with Crippen LogP contribution in [-0.4, -0.2) is 54.1 Å².